The number of aryl methyl sites for hydroxylation is 1. The summed E-state index contributed by atoms with van der Waals surface area (Å²) in [5.41, 5.74) is 3.25. The number of rotatable bonds is 3. The highest BCUT2D eigenvalue weighted by molar-refractivity contribution is 9.10. The Morgan fingerprint density at radius 1 is 1.32 bits per heavy atom. The quantitative estimate of drug-likeness (QED) is 0.943. The number of nitrogens with zero attached hydrogens (tertiary/aromatic N) is 1. The van der Waals surface area contributed by atoms with Gasteiger partial charge in [0.15, 0.2) is 0 Å². The molecule has 19 heavy (non-hydrogen) atoms. The predicted octanol–water partition coefficient (Wildman–Crippen LogP) is 3.31. The second-order valence-corrected chi connectivity index (χ2v) is 5.94. The molecule has 0 atom stereocenters. The van der Waals surface area contributed by atoms with E-state index in [-0.39, 0.29) is 5.56 Å². The Morgan fingerprint density at radius 2 is 2.00 bits per heavy atom. The molecule has 3 rings (SSSR count). The molecule has 0 unspecified atom stereocenters. The van der Waals surface area contributed by atoms with Crippen LogP contribution in [0.2, 0.25) is 0 Å². The Bertz CT molecular complexity index is 657. The van der Waals surface area contributed by atoms with E-state index in [1.165, 1.54) is 5.56 Å². The molecule has 0 saturated heterocycles. The number of aromatic nitrogens is 2. The Hall–Kier alpha value is -1.42. The van der Waals surface area contributed by atoms with Crippen molar-refractivity contribution < 1.29 is 0 Å². The lowest BCUT2D eigenvalue weighted by Gasteiger charge is -2.06. The molecule has 0 bridgehead atoms. The van der Waals surface area contributed by atoms with E-state index >= 15 is 0 Å². The third-order valence-electron chi connectivity index (χ3n) is 3.39. The monoisotopic (exact) mass is 318 g/mol. The predicted molar refractivity (Wildman–Crippen MR) is 78.5 cm³/mol. The highest BCUT2D eigenvalue weighted by Crippen LogP contribution is 2.41. The highest BCUT2D eigenvalue weighted by atomic mass is 79.9. The average Bonchev–Trinajstić information content (AvgIpc) is 3.21. The van der Waals surface area contributed by atoms with E-state index in [0.29, 0.717) is 16.8 Å². The molecule has 1 N–H and O–H groups in total. The molecule has 1 fully saturated rings. The summed E-state index contributed by atoms with van der Waals surface area (Å²) >= 11 is 3.34. The number of halogens is 1. The molecule has 0 spiro atoms. The number of hydrogen-bond acceptors (Lipinski definition) is 2. The topological polar surface area (TPSA) is 45.8 Å². The number of benzene rings is 1. The van der Waals surface area contributed by atoms with Gasteiger partial charge in [0.2, 0.25) is 0 Å². The van der Waals surface area contributed by atoms with Crippen LogP contribution in [0.25, 0.3) is 0 Å². The fourth-order valence-corrected chi connectivity index (χ4v) is 2.65. The Kier molecular flexibility index (Phi) is 3.27. The Balaban J connectivity index is 1.92. The smallest absolute Gasteiger partial charge is 0.265 e. The van der Waals surface area contributed by atoms with E-state index < -0.39 is 0 Å². The molecular weight excluding hydrogens is 304 g/mol. The van der Waals surface area contributed by atoms with Gasteiger partial charge in [-0.25, -0.2) is 4.98 Å². The van der Waals surface area contributed by atoms with Gasteiger partial charge in [-0.05, 0) is 41.3 Å². The van der Waals surface area contributed by atoms with Crippen molar-refractivity contribution in [2.24, 2.45) is 0 Å². The van der Waals surface area contributed by atoms with Crippen LogP contribution >= 0.6 is 15.9 Å². The number of H-pyrrole nitrogens is 1. The largest absolute Gasteiger partial charge is 0.309 e. The molecule has 0 amide bonds. The molecule has 4 heteroatoms. The molecule has 1 aromatic heterocycles. The molecule has 1 heterocycles. The molecule has 1 aliphatic rings. The van der Waals surface area contributed by atoms with Crippen molar-refractivity contribution in [3.8, 4) is 0 Å². The van der Waals surface area contributed by atoms with Crippen molar-refractivity contribution in [2.45, 2.75) is 32.1 Å². The molecule has 98 valence electrons. The van der Waals surface area contributed by atoms with Crippen LogP contribution in [0.1, 0.15) is 41.4 Å². The van der Waals surface area contributed by atoms with Crippen LogP contribution in [0.5, 0.6) is 0 Å². The van der Waals surface area contributed by atoms with Gasteiger partial charge in [0.05, 0.1) is 5.69 Å². The van der Waals surface area contributed by atoms with Gasteiger partial charge in [-0.2, -0.15) is 0 Å². The summed E-state index contributed by atoms with van der Waals surface area (Å²) in [6.07, 6.45) is 2.95. The minimum absolute atomic E-state index is 0.0704. The van der Waals surface area contributed by atoms with Gasteiger partial charge in [-0.15, -0.1) is 0 Å². The van der Waals surface area contributed by atoms with Gasteiger partial charge in [0, 0.05) is 12.3 Å². The Morgan fingerprint density at radius 3 is 2.63 bits per heavy atom. The van der Waals surface area contributed by atoms with E-state index in [9.17, 15) is 4.79 Å². The summed E-state index contributed by atoms with van der Waals surface area (Å²) in [6, 6.07) is 8.31. The fourth-order valence-electron chi connectivity index (χ4n) is 2.13. The van der Waals surface area contributed by atoms with Gasteiger partial charge >= 0.3 is 0 Å². The second-order valence-electron chi connectivity index (χ2n) is 5.15. The molecule has 1 aliphatic carbocycles. The first-order valence-electron chi connectivity index (χ1n) is 6.47. The van der Waals surface area contributed by atoms with Crippen LogP contribution in [0.4, 0.5) is 0 Å². The molecule has 2 aromatic rings. The molecule has 1 aromatic carbocycles. The van der Waals surface area contributed by atoms with Crippen LogP contribution in [0.15, 0.2) is 33.5 Å². The standard InChI is InChI=1S/C15H15BrN2O/c1-9-2-4-10(5-3-9)8-12-17-14(11-6-7-11)13(16)15(19)18-12/h2-5,11H,6-8H2,1H3,(H,17,18,19). The highest BCUT2D eigenvalue weighted by Gasteiger charge is 2.28. The van der Waals surface area contributed by atoms with E-state index in [2.05, 4.69) is 57.1 Å². The normalized spacial score (nSPS) is 14.6. The summed E-state index contributed by atoms with van der Waals surface area (Å²) in [5.74, 6) is 1.22. The fraction of sp³-hybridized carbons (Fsp3) is 0.333. The third kappa shape index (κ3) is 2.78. The minimum Gasteiger partial charge on any atom is -0.309 e. The number of aromatic amines is 1. The maximum absolute atomic E-state index is 11.9. The van der Waals surface area contributed by atoms with Crippen molar-refractivity contribution in [1.82, 2.24) is 9.97 Å². The summed E-state index contributed by atoms with van der Waals surface area (Å²) < 4.78 is 0.600. The van der Waals surface area contributed by atoms with Crippen LogP contribution in [-0.4, -0.2) is 9.97 Å². The van der Waals surface area contributed by atoms with Gasteiger partial charge in [0.25, 0.3) is 5.56 Å². The van der Waals surface area contributed by atoms with Crippen LogP contribution in [-0.2, 0) is 6.42 Å². The van der Waals surface area contributed by atoms with Gasteiger partial charge in [0.1, 0.15) is 10.3 Å². The summed E-state index contributed by atoms with van der Waals surface area (Å²) in [4.78, 5) is 19.4. The maximum atomic E-state index is 11.9. The van der Waals surface area contributed by atoms with Gasteiger partial charge in [-0.3, -0.25) is 4.79 Å². The molecule has 0 radical (unpaired) electrons. The van der Waals surface area contributed by atoms with Crippen molar-refractivity contribution in [1.29, 1.82) is 0 Å². The van der Waals surface area contributed by atoms with Gasteiger partial charge in [-0.1, -0.05) is 29.8 Å². The average molecular weight is 319 g/mol. The second kappa shape index (κ2) is 4.93. The SMILES string of the molecule is Cc1ccc(Cc2nc(C3CC3)c(Br)c(=O)[nH]2)cc1. The zero-order chi connectivity index (χ0) is 13.4. The Labute approximate surface area is 120 Å². The van der Waals surface area contributed by atoms with Crippen LogP contribution in [0.3, 0.4) is 0 Å². The molecule has 1 saturated carbocycles. The summed E-state index contributed by atoms with van der Waals surface area (Å²) in [6.45, 7) is 2.06. The first-order valence-corrected chi connectivity index (χ1v) is 7.27. The third-order valence-corrected chi connectivity index (χ3v) is 4.16. The zero-order valence-electron chi connectivity index (χ0n) is 10.7. The van der Waals surface area contributed by atoms with E-state index in [0.717, 1.165) is 29.9 Å². The van der Waals surface area contributed by atoms with E-state index in [1.54, 1.807) is 0 Å². The molecule has 3 nitrogen and oxygen atoms in total. The lowest BCUT2D eigenvalue weighted by molar-refractivity contribution is 0.870. The first-order chi connectivity index (χ1) is 9.13. The number of nitrogens with one attached hydrogen (secondary N) is 1. The first kappa shape index (κ1) is 12.6. The zero-order valence-corrected chi connectivity index (χ0v) is 12.3. The van der Waals surface area contributed by atoms with Crippen molar-refractivity contribution in [3.63, 3.8) is 0 Å². The summed E-state index contributed by atoms with van der Waals surface area (Å²) in [5, 5.41) is 0. The van der Waals surface area contributed by atoms with Gasteiger partial charge < -0.3 is 4.98 Å². The number of hydrogen-bond donors (Lipinski definition) is 1. The van der Waals surface area contributed by atoms with E-state index in [1.807, 2.05) is 0 Å². The van der Waals surface area contributed by atoms with Crippen molar-refractivity contribution in [2.75, 3.05) is 0 Å². The summed E-state index contributed by atoms with van der Waals surface area (Å²) in [7, 11) is 0. The van der Waals surface area contributed by atoms with Crippen LogP contribution in [0, 0.1) is 6.92 Å². The van der Waals surface area contributed by atoms with Crippen molar-refractivity contribution >= 4 is 15.9 Å². The maximum Gasteiger partial charge on any atom is 0.265 e. The molecular formula is C15H15BrN2O. The van der Waals surface area contributed by atoms with E-state index in [4.69, 9.17) is 0 Å². The van der Waals surface area contributed by atoms with Crippen LogP contribution < -0.4 is 5.56 Å². The minimum atomic E-state index is -0.0704. The molecule has 0 aliphatic heterocycles. The van der Waals surface area contributed by atoms with Crippen molar-refractivity contribution in [3.05, 3.63) is 61.7 Å². The lowest BCUT2D eigenvalue weighted by atomic mass is 10.1. The lowest BCUT2D eigenvalue weighted by Crippen LogP contribution is -2.15.